The van der Waals surface area contributed by atoms with Crippen LogP contribution in [0.2, 0.25) is 0 Å². The van der Waals surface area contributed by atoms with Crippen LogP contribution in [-0.2, 0) is 24.1 Å². The van der Waals surface area contributed by atoms with Crippen molar-refractivity contribution in [3.05, 3.63) is 35.4 Å². The van der Waals surface area contributed by atoms with E-state index in [0.29, 0.717) is 18.0 Å². The smallest absolute Gasteiger partial charge is 0.416 e. The molecule has 3 rings (SSSR count). The Morgan fingerprint density at radius 1 is 1.23 bits per heavy atom. The van der Waals surface area contributed by atoms with E-state index in [9.17, 15) is 17.7 Å². The summed E-state index contributed by atoms with van der Waals surface area (Å²) in [5.74, 6) is 0.753. The molecule has 1 aliphatic heterocycles. The molecule has 1 aromatic carbocycles. The molecule has 0 aromatic heterocycles. The van der Waals surface area contributed by atoms with Crippen LogP contribution in [-0.4, -0.2) is 33.0 Å². The molecule has 1 saturated carbocycles. The maximum atomic E-state index is 12.9. The Labute approximate surface area is 156 Å². The predicted octanol–water partition coefficient (Wildman–Crippen LogP) is 4.45. The highest BCUT2D eigenvalue weighted by atomic mass is 32.2. The Bertz CT molecular complexity index is 684. The summed E-state index contributed by atoms with van der Waals surface area (Å²) in [6, 6.07) is 5.55. The van der Waals surface area contributed by atoms with E-state index in [4.69, 9.17) is 0 Å². The highest BCUT2D eigenvalue weighted by Gasteiger charge is 2.42. The van der Waals surface area contributed by atoms with Gasteiger partial charge in [-0.05, 0) is 51.2 Å². The van der Waals surface area contributed by atoms with E-state index in [1.165, 1.54) is 12.1 Å². The number of hydrogen-bond acceptors (Lipinski definition) is 3. The van der Waals surface area contributed by atoms with Gasteiger partial charge in [0.1, 0.15) is 16.1 Å². The number of alkyl halides is 3. The van der Waals surface area contributed by atoms with Gasteiger partial charge in [-0.1, -0.05) is 22.6 Å². The summed E-state index contributed by atoms with van der Waals surface area (Å²) in [4.78, 5) is 2.19. The van der Waals surface area contributed by atoms with E-state index in [1.807, 2.05) is 20.8 Å². The van der Waals surface area contributed by atoms with Gasteiger partial charge in [0.2, 0.25) is 0 Å². The minimum atomic E-state index is -4.31. The van der Waals surface area contributed by atoms with Gasteiger partial charge in [0, 0.05) is 25.6 Å². The minimum Gasteiger partial charge on any atom is -0.591 e. The maximum absolute atomic E-state index is 12.9. The quantitative estimate of drug-likeness (QED) is 0.720. The topological polar surface area (TPSA) is 38.7 Å². The lowest BCUT2D eigenvalue weighted by molar-refractivity contribution is -0.137. The maximum Gasteiger partial charge on any atom is 0.416 e. The summed E-state index contributed by atoms with van der Waals surface area (Å²) in [5.41, 5.74) is 1.10. The second kappa shape index (κ2) is 7.17. The Balaban J connectivity index is 1.67. The summed E-state index contributed by atoms with van der Waals surface area (Å²) in [7, 11) is 0. The third-order valence-corrected chi connectivity index (χ3v) is 6.55. The number of rotatable bonds is 3. The van der Waals surface area contributed by atoms with Crippen LogP contribution < -0.4 is 0 Å². The van der Waals surface area contributed by atoms with Crippen molar-refractivity contribution in [2.24, 2.45) is 16.2 Å². The SMILES string of the molecule is CC(C)(C)[S+]([O-])/N=C1\CC[C@@H]2CN(Cc3cccc(C(F)(F)F)c3)C[C@H]12. The molecule has 0 bridgehead atoms. The summed E-state index contributed by atoms with van der Waals surface area (Å²) in [6.07, 6.45) is -2.41. The molecule has 144 valence electrons. The Morgan fingerprint density at radius 2 is 1.96 bits per heavy atom. The van der Waals surface area contributed by atoms with E-state index in [2.05, 4.69) is 9.30 Å². The number of fused-ring (bicyclic) bond motifs is 1. The first kappa shape index (κ1) is 19.7. The van der Waals surface area contributed by atoms with Crippen molar-refractivity contribution in [1.82, 2.24) is 4.90 Å². The van der Waals surface area contributed by atoms with Gasteiger partial charge < -0.3 is 4.55 Å². The third kappa shape index (κ3) is 4.43. The fourth-order valence-corrected chi connectivity index (χ4v) is 4.45. The van der Waals surface area contributed by atoms with Crippen molar-refractivity contribution in [1.29, 1.82) is 0 Å². The summed E-state index contributed by atoms with van der Waals surface area (Å²) in [6.45, 7) is 7.88. The average Bonchev–Trinajstić information content (AvgIpc) is 3.07. The van der Waals surface area contributed by atoms with Gasteiger partial charge in [0.05, 0.1) is 11.3 Å². The fraction of sp³-hybridized carbons (Fsp3) is 0.632. The molecule has 0 spiro atoms. The number of benzene rings is 1. The first-order chi connectivity index (χ1) is 12.0. The van der Waals surface area contributed by atoms with Crippen molar-refractivity contribution >= 4 is 17.1 Å². The summed E-state index contributed by atoms with van der Waals surface area (Å²) < 4.78 is 55.1. The summed E-state index contributed by atoms with van der Waals surface area (Å²) in [5, 5.41) is 0. The Kier molecular flexibility index (Phi) is 5.43. The number of likely N-dealkylation sites (tertiary alicyclic amines) is 1. The normalized spacial score (nSPS) is 27.1. The molecule has 2 aliphatic rings. The van der Waals surface area contributed by atoms with Gasteiger partial charge in [0.15, 0.2) is 0 Å². The molecule has 3 atom stereocenters. The Hall–Kier alpha value is -1.05. The van der Waals surface area contributed by atoms with Gasteiger partial charge in [-0.25, -0.2) is 0 Å². The first-order valence-electron chi connectivity index (χ1n) is 8.92. The van der Waals surface area contributed by atoms with Crippen LogP contribution in [0.4, 0.5) is 13.2 Å². The largest absolute Gasteiger partial charge is 0.591 e. The second-order valence-electron chi connectivity index (χ2n) is 8.24. The first-order valence-corrected chi connectivity index (χ1v) is 10.0. The van der Waals surface area contributed by atoms with Crippen LogP contribution in [0.15, 0.2) is 28.7 Å². The number of halogens is 3. The number of nitrogens with zero attached hydrogens (tertiary/aromatic N) is 2. The average molecular weight is 386 g/mol. The van der Waals surface area contributed by atoms with E-state index in [1.54, 1.807) is 6.07 Å². The van der Waals surface area contributed by atoms with Crippen molar-refractivity contribution < 1.29 is 17.7 Å². The van der Waals surface area contributed by atoms with Crippen molar-refractivity contribution in [3.63, 3.8) is 0 Å². The molecule has 0 N–H and O–H groups in total. The van der Waals surface area contributed by atoms with Crippen molar-refractivity contribution in [2.75, 3.05) is 13.1 Å². The lowest BCUT2D eigenvalue weighted by Crippen LogP contribution is -2.28. The molecule has 1 aliphatic carbocycles. The third-order valence-electron chi connectivity index (χ3n) is 5.10. The number of hydrogen-bond donors (Lipinski definition) is 0. The van der Waals surface area contributed by atoms with Gasteiger partial charge in [-0.2, -0.15) is 13.2 Å². The van der Waals surface area contributed by atoms with E-state index in [-0.39, 0.29) is 10.7 Å². The van der Waals surface area contributed by atoms with Crippen LogP contribution in [0.3, 0.4) is 0 Å². The lowest BCUT2D eigenvalue weighted by atomic mass is 10.00. The van der Waals surface area contributed by atoms with E-state index >= 15 is 0 Å². The van der Waals surface area contributed by atoms with Crippen LogP contribution in [0.1, 0.15) is 44.7 Å². The van der Waals surface area contributed by atoms with Crippen LogP contribution >= 0.6 is 0 Å². The zero-order valence-electron chi connectivity index (χ0n) is 15.3. The van der Waals surface area contributed by atoms with Crippen LogP contribution in [0.5, 0.6) is 0 Å². The predicted molar refractivity (Wildman–Crippen MR) is 98.3 cm³/mol. The minimum absolute atomic E-state index is 0.284. The molecule has 0 amide bonds. The van der Waals surface area contributed by atoms with Gasteiger partial charge >= 0.3 is 6.18 Å². The van der Waals surface area contributed by atoms with Crippen molar-refractivity contribution in [2.45, 2.75) is 51.1 Å². The summed E-state index contributed by atoms with van der Waals surface area (Å²) >= 11 is -1.25. The molecule has 1 aromatic rings. The van der Waals surface area contributed by atoms with Gasteiger partial charge in [0.25, 0.3) is 0 Å². The van der Waals surface area contributed by atoms with Gasteiger partial charge in [-0.3, -0.25) is 4.90 Å². The van der Waals surface area contributed by atoms with Gasteiger partial charge in [-0.15, -0.1) is 0 Å². The molecule has 1 saturated heterocycles. The lowest BCUT2D eigenvalue weighted by Gasteiger charge is -2.20. The standard InChI is InChI=1S/C19H25F3N2OS/c1-18(2,3)26(25)23-17-8-7-14-11-24(12-16(14)17)10-13-5-4-6-15(9-13)19(20,21)22/h4-6,9,14,16H,7-8,10-12H2,1-3H3/b23-17+/t14-,16+,26?/m1/s1. The monoisotopic (exact) mass is 386 g/mol. The van der Waals surface area contributed by atoms with E-state index in [0.717, 1.165) is 37.7 Å². The zero-order valence-corrected chi connectivity index (χ0v) is 16.2. The molecule has 0 radical (unpaired) electrons. The van der Waals surface area contributed by atoms with Crippen LogP contribution in [0, 0.1) is 11.8 Å². The molecule has 7 heteroatoms. The highest BCUT2D eigenvalue weighted by molar-refractivity contribution is 7.91. The molecule has 1 unspecified atom stereocenters. The molecule has 1 heterocycles. The van der Waals surface area contributed by atoms with E-state index < -0.39 is 23.1 Å². The van der Waals surface area contributed by atoms with Crippen molar-refractivity contribution in [3.8, 4) is 0 Å². The molecular weight excluding hydrogens is 361 g/mol. The molecule has 2 fully saturated rings. The zero-order chi connectivity index (χ0) is 19.1. The highest BCUT2D eigenvalue weighted by Crippen LogP contribution is 2.38. The Morgan fingerprint density at radius 3 is 2.62 bits per heavy atom. The second-order valence-corrected chi connectivity index (χ2v) is 10.1. The molecule has 3 nitrogen and oxygen atoms in total. The van der Waals surface area contributed by atoms with Crippen LogP contribution in [0.25, 0.3) is 0 Å². The molecular formula is C19H25F3N2OS. The molecule has 26 heavy (non-hydrogen) atoms. The fourth-order valence-electron chi connectivity index (χ4n) is 3.74.